The van der Waals surface area contributed by atoms with E-state index in [0.29, 0.717) is 6.42 Å². The molecule has 0 spiro atoms. The monoisotopic (exact) mass is 423 g/mol. The van der Waals surface area contributed by atoms with Crippen molar-refractivity contribution in [3.63, 3.8) is 0 Å². The Morgan fingerprint density at radius 3 is 2.19 bits per heavy atom. The van der Waals surface area contributed by atoms with Crippen molar-refractivity contribution in [3.05, 3.63) is 68.4 Å². The number of carbonyl (C=O) groups is 2. The van der Waals surface area contributed by atoms with Gasteiger partial charge in [0.25, 0.3) is 0 Å². The van der Waals surface area contributed by atoms with E-state index in [2.05, 4.69) is 30.3 Å². The lowest BCUT2D eigenvalue weighted by Crippen LogP contribution is -2.50. The van der Waals surface area contributed by atoms with Crippen molar-refractivity contribution in [2.24, 2.45) is 28.9 Å². The summed E-state index contributed by atoms with van der Waals surface area (Å²) in [4.78, 5) is 26.7. The van der Waals surface area contributed by atoms with E-state index < -0.39 is 6.04 Å². The molecule has 0 heterocycles. The number of fused-ring (bicyclic) bond motifs is 4. The summed E-state index contributed by atoms with van der Waals surface area (Å²) in [5, 5.41) is 4.37. The quantitative estimate of drug-likeness (QED) is 0.755. The third kappa shape index (κ3) is 2.58. The summed E-state index contributed by atoms with van der Waals surface area (Å²) < 4.78 is 0. The smallest absolute Gasteiger partial charge is 0.188 e. The number of rotatable bonds is 2. The zero-order chi connectivity index (χ0) is 21.6. The van der Waals surface area contributed by atoms with Gasteiger partial charge in [-0.2, -0.15) is 0 Å². The molecule has 162 valence electrons. The zero-order valence-electron chi connectivity index (χ0n) is 18.4. The van der Waals surface area contributed by atoms with Crippen LogP contribution in [0.4, 0.5) is 0 Å². The molecule has 8 rings (SSSR count). The molecule has 0 saturated heterocycles. The third-order valence-electron chi connectivity index (χ3n) is 9.24. The second-order valence-corrected chi connectivity index (χ2v) is 11.3. The number of Topliss-reactive ketones (excluding diaryl/α,β-unsaturated/α-hetero) is 2. The summed E-state index contributed by atoms with van der Waals surface area (Å²) in [6, 6.07) is 11.5. The van der Waals surface area contributed by atoms with Gasteiger partial charge in [0.1, 0.15) is 6.04 Å². The van der Waals surface area contributed by atoms with Crippen molar-refractivity contribution in [1.82, 2.24) is 0 Å². The molecular weight excluding hydrogens is 394 g/mol. The van der Waals surface area contributed by atoms with Crippen LogP contribution in [0, 0.1) is 33.6 Å². The predicted octanol–water partition coefficient (Wildman–Crippen LogP) is 3.16. The Morgan fingerprint density at radius 2 is 1.47 bits per heavy atom. The molecule has 3 heteroatoms. The van der Waals surface area contributed by atoms with E-state index in [-0.39, 0.29) is 17.0 Å². The molecule has 4 bridgehead atoms. The Bertz CT molecular complexity index is 1380. The highest BCUT2D eigenvalue weighted by molar-refractivity contribution is 6.32. The maximum atomic E-state index is 13.4. The molecule has 2 aromatic carbocycles. The lowest BCUT2D eigenvalue weighted by molar-refractivity contribution is -0.115. The zero-order valence-corrected chi connectivity index (χ0v) is 18.4. The summed E-state index contributed by atoms with van der Waals surface area (Å²) in [5.41, 5.74) is 9.15. The number of ketones is 2. The van der Waals surface area contributed by atoms with Crippen LogP contribution >= 0.6 is 0 Å². The van der Waals surface area contributed by atoms with Crippen LogP contribution in [0.5, 0.6) is 0 Å². The molecule has 4 saturated carbocycles. The Kier molecular flexibility index (Phi) is 3.86. The Morgan fingerprint density at radius 1 is 0.812 bits per heavy atom. The molecule has 2 aromatic rings. The van der Waals surface area contributed by atoms with Gasteiger partial charge in [0, 0.05) is 11.1 Å². The van der Waals surface area contributed by atoms with E-state index in [1.165, 1.54) is 43.7 Å². The number of hydrogen-bond donors (Lipinski definition) is 1. The lowest BCUT2D eigenvalue weighted by atomic mass is 9.48. The highest BCUT2D eigenvalue weighted by Crippen LogP contribution is 2.62. The fourth-order valence-corrected chi connectivity index (χ4v) is 8.44. The third-order valence-corrected chi connectivity index (χ3v) is 9.24. The molecule has 4 fully saturated rings. The average molecular weight is 424 g/mol. The van der Waals surface area contributed by atoms with Crippen LogP contribution in [-0.4, -0.2) is 17.6 Å². The van der Waals surface area contributed by atoms with E-state index in [0.717, 1.165) is 56.5 Å². The summed E-state index contributed by atoms with van der Waals surface area (Å²) in [5.74, 6) is 2.20. The first-order chi connectivity index (χ1) is 15.5. The Labute approximate surface area is 187 Å². The van der Waals surface area contributed by atoms with Crippen molar-refractivity contribution in [2.45, 2.75) is 57.4 Å². The summed E-state index contributed by atoms with van der Waals surface area (Å²) >= 11 is 0. The first kappa shape index (κ1) is 19.0. The van der Waals surface area contributed by atoms with Crippen LogP contribution < -0.4 is 16.2 Å². The molecule has 6 aliphatic rings. The van der Waals surface area contributed by atoms with Gasteiger partial charge in [0.05, 0.1) is 0 Å². The first-order valence-corrected chi connectivity index (χ1v) is 12.3. The summed E-state index contributed by atoms with van der Waals surface area (Å²) in [7, 11) is 0. The predicted molar refractivity (Wildman–Crippen MR) is 124 cm³/mol. The fourth-order valence-electron chi connectivity index (χ4n) is 8.44. The minimum Gasteiger partial charge on any atom is -0.315 e. The van der Waals surface area contributed by atoms with Gasteiger partial charge in [-0.25, -0.2) is 0 Å². The molecular formula is C29H29NO2. The van der Waals surface area contributed by atoms with Gasteiger partial charge in [0.15, 0.2) is 11.6 Å². The van der Waals surface area contributed by atoms with E-state index in [4.69, 9.17) is 5.73 Å². The molecule has 0 aliphatic heterocycles. The molecule has 32 heavy (non-hydrogen) atoms. The van der Waals surface area contributed by atoms with Crippen molar-refractivity contribution >= 4 is 23.2 Å². The SMILES string of the molecule is NC1C(=O)C(CC23CC4CC(CC(C4)C2)C3)=c2ccc3c(c2C1=O)CC=c1ccccc1=3. The van der Waals surface area contributed by atoms with E-state index in [9.17, 15) is 9.59 Å². The van der Waals surface area contributed by atoms with E-state index in [1.54, 1.807) is 0 Å². The summed E-state index contributed by atoms with van der Waals surface area (Å²) in [6.07, 6.45) is 11.6. The van der Waals surface area contributed by atoms with Crippen LogP contribution in [0.25, 0.3) is 11.6 Å². The van der Waals surface area contributed by atoms with Gasteiger partial charge in [0.2, 0.25) is 0 Å². The molecule has 3 nitrogen and oxygen atoms in total. The number of benzene rings is 2. The van der Waals surface area contributed by atoms with Crippen molar-refractivity contribution < 1.29 is 9.59 Å². The van der Waals surface area contributed by atoms with E-state index in [1.807, 2.05) is 12.1 Å². The molecule has 0 radical (unpaired) electrons. The summed E-state index contributed by atoms with van der Waals surface area (Å²) in [6.45, 7) is 0. The van der Waals surface area contributed by atoms with Crippen LogP contribution in [0.2, 0.25) is 0 Å². The van der Waals surface area contributed by atoms with Gasteiger partial charge >= 0.3 is 0 Å². The number of nitrogens with two attached hydrogens (primary N) is 1. The van der Waals surface area contributed by atoms with Gasteiger partial charge in [-0.05, 0) is 101 Å². The van der Waals surface area contributed by atoms with Crippen LogP contribution in [0.1, 0.15) is 60.9 Å². The van der Waals surface area contributed by atoms with Gasteiger partial charge in [-0.1, -0.05) is 42.5 Å². The average Bonchev–Trinajstić information content (AvgIpc) is 2.78. The topological polar surface area (TPSA) is 60.2 Å². The molecule has 1 atom stereocenters. The molecule has 6 aliphatic carbocycles. The molecule has 0 aromatic heterocycles. The highest BCUT2D eigenvalue weighted by atomic mass is 16.2. The van der Waals surface area contributed by atoms with Crippen molar-refractivity contribution in [3.8, 4) is 0 Å². The second kappa shape index (κ2) is 6.51. The second-order valence-electron chi connectivity index (χ2n) is 11.3. The van der Waals surface area contributed by atoms with Gasteiger partial charge in [-0.15, -0.1) is 0 Å². The molecule has 1 unspecified atom stereocenters. The minimum atomic E-state index is -1.05. The normalized spacial score (nSPS) is 34.1. The maximum Gasteiger partial charge on any atom is 0.188 e. The van der Waals surface area contributed by atoms with Gasteiger partial charge < -0.3 is 5.73 Å². The van der Waals surface area contributed by atoms with Crippen LogP contribution in [-0.2, 0) is 11.2 Å². The van der Waals surface area contributed by atoms with Crippen molar-refractivity contribution in [1.29, 1.82) is 0 Å². The lowest BCUT2D eigenvalue weighted by Gasteiger charge is -2.57. The van der Waals surface area contributed by atoms with E-state index >= 15 is 0 Å². The van der Waals surface area contributed by atoms with Crippen molar-refractivity contribution in [2.75, 3.05) is 0 Å². The largest absolute Gasteiger partial charge is 0.315 e. The minimum absolute atomic E-state index is 0.126. The fraction of sp³-hybridized carbons (Fsp3) is 0.448. The Hall–Kier alpha value is -2.52. The Balaban J connectivity index is 1.46. The van der Waals surface area contributed by atoms with Gasteiger partial charge in [-0.3, -0.25) is 9.59 Å². The van der Waals surface area contributed by atoms with Crippen LogP contribution in [0.3, 0.4) is 0 Å². The molecule has 2 N–H and O–H groups in total. The molecule has 0 amide bonds. The highest BCUT2D eigenvalue weighted by Gasteiger charge is 2.52. The number of hydrogen-bond acceptors (Lipinski definition) is 3. The number of carbonyl (C=O) groups excluding carboxylic acids is 2. The maximum absolute atomic E-state index is 13.4. The standard InChI is InChI=1S/C29H29NO2/c30-26-27(31)24(15-29-12-16-9-17(13-29)11-18(10-16)14-29)23-8-7-21-20-4-2-1-3-19(20)5-6-22(21)25(23)28(26)32/h1-5,7-8,16-18,26H,6,9-15,30H2. The van der Waals surface area contributed by atoms with Crippen LogP contribution in [0.15, 0.2) is 36.4 Å². The first-order valence-electron chi connectivity index (χ1n) is 12.3.